The van der Waals surface area contributed by atoms with E-state index in [9.17, 15) is 9.18 Å². The van der Waals surface area contributed by atoms with Gasteiger partial charge in [0, 0.05) is 7.11 Å². The molecule has 0 heterocycles. The Kier molecular flexibility index (Phi) is 4.88. The van der Waals surface area contributed by atoms with E-state index in [4.69, 9.17) is 14.6 Å². The van der Waals surface area contributed by atoms with Crippen LogP contribution < -0.4 is 0 Å². The molecule has 0 amide bonds. The van der Waals surface area contributed by atoms with E-state index in [0.29, 0.717) is 18.8 Å². The van der Waals surface area contributed by atoms with Gasteiger partial charge in [-0.2, -0.15) is 0 Å². The molecular weight excluding hydrogens is 215 g/mol. The lowest BCUT2D eigenvalue weighted by Crippen LogP contribution is -2.04. The van der Waals surface area contributed by atoms with E-state index in [-0.39, 0.29) is 12.2 Å². The fourth-order valence-corrected chi connectivity index (χ4v) is 1.19. The summed E-state index contributed by atoms with van der Waals surface area (Å²) in [6.45, 7) is 0.998. The van der Waals surface area contributed by atoms with Gasteiger partial charge in [0.15, 0.2) is 0 Å². The van der Waals surface area contributed by atoms with Crippen LogP contribution in [0.1, 0.15) is 15.9 Å². The fraction of sp³-hybridized carbons (Fsp3) is 0.364. The van der Waals surface area contributed by atoms with Crippen molar-refractivity contribution >= 4 is 5.97 Å². The zero-order valence-corrected chi connectivity index (χ0v) is 8.90. The van der Waals surface area contributed by atoms with E-state index in [2.05, 4.69) is 0 Å². The van der Waals surface area contributed by atoms with Crippen molar-refractivity contribution in [2.45, 2.75) is 6.61 Å². The van der Waals surface area contributed by atoms with Gasteiger partial charge in [0.25, 0.3) is 0 Å². The fourth-order valence-electron chi connectivity index (χ4n) is 1.19. The number of ether oxygens (including phenoxy) is 2. The van der Waals surface area contributed by atoms with Crippen LogP contribution in [0, 0.1) is 5.82 Å². The van der Waals surface area contributed by atoms with Crippen molar-refractivity contribution in [3.05, 3.63) is 35.1 Å². The van der Waals surface area contributed by atoms with Crippen LogP contribution in [0.25, 0.3) is 0 Å². The number of carboxylic acid groups (broad SMARTS) is 1. The molecule has 0 fully saturated rings. The number of carboxylic acids is 1. The van der Waals surface area contributed by atoms with E-state index in [1.165, 1.54) is 12.1 Å². The highest BCUT2D eigenvalue weighted by atomic mass is 19.1. The molecule has 5 heteroatoms. The highest BCUT2D eigenvalue weighted by Crippen LogP contribution is 2.10. The second-order valence-electron chi connectivity index (χ2n) is 3.20. The lowest BCUT2D eigenvalue weighted by atomic mass is 10.1. The van der Waals surface area contributed by atoms with Crippen LogP contribution in [0.5, 0.6) is 0 Å². The van der Waals surface area contributed by atoms with E-state index in [0.717, 1.165) is 6.07 Å². The average Bonchev–Trinajstić information content (AvgIpc) is 2.23. The molecule has 0 saturated carbocycles. The maximum Gasteiger partial charge on any atom is 0.335 e. The summed E-state index contributed by atoms with van der Waals surface area (Å²) in [4.78, 5) is 10.7. The molecule has 0 aromatic heterocycles. The van der Waals surface area contributed by atoms with E-state index < -0.39 is 11.8 Å². The molecule has 1 aromatic rings. The lowest BCUT2D eigenvalue weighted by Gasteiger charge is -2.05. The molecule has 0 atom stereocenters. The molecule has 0 bridgehead atoms. The molecule has 0 saturated heterocycles. The van der Waals surface area contributed by atoms with Crippen molar-refractivity contribution in [1.82, 2.24) is 0 Å². The molecule has 0 aliphatic heterocycles. The Bertz CT molecular complexity index is 365. The molecule has 4 nitrogen and oxygen atoms in total. The first-order valence-electron chi connectivity index (χ1n) is 4.73. The summed E-state index contributed by atoms with van der Waals surface area (Å²) in [7, 11) is 1.55. The summed E-state index contributed by atoms with van der Waals surface area (Å²) in [6.07, 6.45) is 0. The highest BCUT2D eigenvalue weighted by molar-refractivity contribution is 5.87. The van der Waals surface area contributed by atoms with Crippen LogP contribution in [0.2, 0.25) is 0 Å². The lowest BCUT2D eigenvalue weighted by molar-refractivity contribution is 0.0613. The molecule has 0 unspecified atom stereocenters. The highest BCUT2D eigenvalue weighted by Gasteiger charge is 2.06. The van der Waals surface area contributed by atoms with E-state index >= 15 is 0 Å². The van der Waals surface area contributed by atoms with E-state index in [1.54, 1.807) is 7.11 Å². The largest absolute Gasteiger partial charge is 0.478 e. The number of halogens is 1. The number of carbonyl (C=O) groups is 1. The quantitative estimate of drug-likeness (QED) is 0.753. The monoisotopic (exact) mass is 228 g/mol. The van der Waals surface area contributed by atoms with Gasteiger partial charge in [-0.3, -0.25) is 0 Å². The van der Waals surface area contributed by atoms with Gasteiger partial charge in [-0.25, -0.2) is 9.18 Å². The van der Waals surface area contributed by atoms with Gasteiger partial charge in [-0.15, -0.1) is 0 Å². The summed E-state index contributed by atoms with van der Waals surface area (Å²) in [5, 5.41) is 8.72. The molecule has 0 radical (unpaired) electrons. The normalized spacial score (nSPS) is 10.4. The second kappa shape index (κ2) is 6.19. The van der Waals surface area contributed by atoms with Crippen LogP contribution in [-0.2, 0) is 16.1 Å². The van der Waals surface area contributed by atoms with Crippen LogP contribution in [0.15, 0.2) is 18.2 Å². The third kappa shape index (κ3) is 3.96. The molecule has 16 heavy (non-hydrogen) atoms. The molecular formula is C11H13FO4. The van der Waals surface area contributed by atoms with E-state index in [1.807, 2.05) is 0 Å². The SMILES string of the molecule is COCCOCc1cc(F)cc(C(=O)O)c1. The Balaban J connectivity index is 2.62. The Hall–Kier alpha value is -1.46. The summed E-state index contributed by atoms with van der Waals surface area (Å²) in [6, 6.07) is 3.61. The molecule has 1 N–H and O–H groups in total. The first-order chi connectivity index (χ1) is 7.63. The Morgan fingerprint density at radius 2 is 2.12 bits per heavy atom. The Morgan fingerprint density at radius 3 is 2.75 bits per heavy atom. The molecule has 88 valence electrons. The summed E-state index contributed by atoms with van der Waals surface area (Å²) < 4.78 is 23.0. The molecule has 0 aliphatic rings. The van der Waals surface area contributed by atoms with Crippen molar-refractivity contribution in [2.24, 2.45) is 0 Å². The van der Waals surface area contributed by atoms with Gasteiger partial charge in [0.05, 0.1) is 25.4 Å². The third-order valence-corrected chi connectivity index (χ3v) is 1.91. The maximum absolute atomic E-state index is 13.0. The number of hydrogen-bond donors (Lipinski definition) is 1. The number of benzene rings is 1. The number of hydrogen-bond acceptors (Lipinski definition) is 3. The molecule has 1 rings (SSSR count). The van der Waals surface area contributed by atoms with Crippen LogP contribution >= 0.6 is 0 Å². The van der Waals surface area contributed by atoms with Gasteiger partial charge < -0.3 is 14.6 Å². The molecule has 0 aliphatic carbocycles. The number of aromatic carboxylic acids is 1. The van der Waals surface area contributed by atoms with Crippen LogP contribution in [0.4, 0.5) is 4.39 Å². The Morgan fingerprint density at radius 1 is 1.38 bits per heavy atom. The first kappa shape index (κ1) is 12.6. The number of rotatable bonds is 6. The summed E-state index contributed by atoms with van der Waals surface area (Å²) >= 11 is 0. The van der Waals surface area contributed by atoms with Crippen LogP contribution in [-0.4, -0.2) is 31.4 Å². The summed E-state index contributed by atoms with van der Waals surface area (Å²) in [5.41, 5.74) is 0.416. The minimum absolute atomic E-state index is 0.0784. The average molecular weight is 228 g/mol. The smallest absolute Gasteiger partial charge is 0.335 e. The van der Waals surface area contributed by atoms with Gasteiger partial charge in [0.2, 0.25) is 0 Å². The Labute approximate surface area is 92.6 Å². The van der Waals surface area contributed by atoms with Crippen molar-refractivity contribution in [2.75, 3.05) is 20.3 Å². The number of methoxy groups -OCH3 is 1. The topological polar surface area (TPSA) is 55.8 Å². The third-order valence-electron chi connectivity index (χ3n) is 1.91. The molecule has 0 spiro atoms. The first-order valence-corrected chi connectivity index (χ1v) is 4.73. The van der Waals surface area contributed by atoms with Gasteiger partial charge >= 0.3 is 5.97 Å². The van der Waals surface area contributed by atoms with Crippen molar-refractivity contribution in [1.29, 1.82) is 0 Å². The zero-order valence-electron chi connectivity index (χ0n) is 8.90. The zero-order chi connectivity index (χ0) is 12.0. The van der Waals surface area contributed by atoms with Gasteiger partial charge in [0.1, 0.15) is 5.82 Å². The standard InChI is InChI=1S/C11H13FO4/c1-15-2-3-16-7-8-4-9(11(13)14)6-10(12)5-8/h4-6H,2-3,7H2,1H3,(H,13,14). The molecule has 1 aromatic carbocycles. The van der Waals surface area contributed by atoms with Crippen molar-refractivity contribution in [3.63, 3.8) is 0 Å². The predicted molar refractivity (Wildman–Crippen MR) is 54.9 cm³/mol. The predicted octanol–water partition coefficient (Wildman–Crippen LogP) is 1.69. The second-order valence-corrected chi connectivity index (χ2v) is 3.20. The van der Waals surface area contributed by atoms with Crippen molar-refractivity contribution in [3.8, 4) is 0 Å². The minimum Gasteiger partial charge on any atom is -0.478 e. The minimum atomic E-state index is -1.15. The summed E-state index contributed by atoms with van der Waals surface area (Å²) in [5.74, 6) is -1.73. The van der Waals surface area contributed by atoms with Crippen molar-refractivity contribution < 1.29 is 23.8 Å². The van der Waals surface area contributed by atoms with Gasteiger partial charge in [-0.05, 0) is 23.8 Å². The van der Waals surface area contributed by atoms with Crippen LogP contribution in [0.3, 0.4) is 0 Å². The van der Waals surface area contributed by atoms with Gasteiger partial charge in [-0.1, -0.05) is 0 Å². The maximum atomic E-state index is 13.0.